The van der Waals surface area contributed by atoms with Gasteiger partial charge in [-0.15, -0.1) is 0 Å². The number of aromatic amines is 1. The van der Waals surface area contributed by atoms with Crippen molar-refractivity contribution in [2.24, 2.45) is 0 Å². The van der Waals surface area contributed by atoms with Crippen molar-refractivity contribution >= 4 is 16.9 Å². The van der Waals surface area contributed by atoms with Gasteiger partial charge in [0, 0.05) is 5.39 Å². The summed E-state index contributed by atoms with van der Waals surface area (Å²) in [4.78, 5) is 13.7. The molecule has 0 spiro atoms. The van der Waals surface area contributed by atoms with Crippen LogP contribution in [0.4, 0.5) is 0 Å². The third kappa shape index (κ3) is 2.09. The Bertz CT molecular complexity index is 559. The Labute approximate surface area is 97.6 Å². The number of rotatable bonds is 4. The van der Waals surface area contributed by atoms with Gasteiger partial charge in [-0.2, -0.15) is 0 Å². The van der Waals surface area contributed by atoms with Crippen molar-refractivity contribution in [1.29, 1.82) is 0 Å². The highest BCUT2D eigenvalue weighted by atomic mass is 16.5. The van der Waals surface area contributed by atoms with Crippen LogP contribution < -0.4 is 4.74 Å². The number of aliphatic hydroxyl groups is 1. The third-order valence-corrected chi connectivity index (χ3v) is 2.55. The zero-order valence-electron chi connectivity index (χ0n) is 9.36. The topological polar surface area (TPSA) is 82.5 Å². The van der Waals surface area contributed by atoms with E-state index in [4.69, 9.17) is 14.9 Å². The van der Waals surface area contributed by atoms with Crippen molar-refractivity contribution in [3.63, 3.8) is 0 Å². The number of fused-ring (bicyclic) bond motifs is 1. The first-order valence-corrected chi connectivity index (χ1v) is 5.22. The number of nitrogens with one attached hydrogen (secondary N) is 1. The summed E-state index contributed by atoms with van der Waals surface area (Å²) in [7, 11) is 0. The summed E-state index contributed by atoms with van der Waals surface area (Å²) in [5, 5.41) is 18.5. The molecule has 0 fully saturated rings. The summed E-state index contributed by atoms with van der Waals surface area (Å²) in [5.74, 6) is -0.458. The van der Waals surface area contributed by atoms with E-state index in [1.165, 1.54) is 0 Å². The van der Waals surface area contributed by atoms with E-state index >= 15 is 0 Å². The van der Waals surface area contributed by atoms with Gasteiger partial charge in [0.05, 0.1) is 12.1 Å². The monoisotopic (exact) mass is 235 g/mol. The van der Waals surface area contributed by atoms with Gasteiger partial charge in [-0.25, -0.2) is 4.79 Å². The van der Waals surface area contributed by atoms with E-state index in [9.17, 15) is 4.79 Å². The molecule has 90 valence electrons. The molecule has 1 aromatic carbocycles. The van der Waals surface area contributed by atoms with Crippen molar-refractivity contribution in [2.75, 3.05) is 13.2 Å². The van der Waals surface area contributed by atoms with Crippen LogP contribution in [0.5, 0.6) is 5.75 Å². The lowest BCUT2D eigenvalue weighted by Crippen LogP contribution is -2.02. The Hall–Kier alpha value is -2.01. The van der Waals surface area contributed by atoms with E-state index in [2.05, 4.69) is 4.98 Å². The average molecular weight is 235 g/mol. The molecule has 17 heavy (non-hydrogen) atoms. The molecule has 0 aliphatic rings. The number of aromatic nitrogens is 1. The van der Waals surface area contributed by atoms with Gasteiger partial charge in [0.2, 0.25) is 0 Å². The Morgan fingerprint density at radius 1 is 1.47 bits per heavy atom. The summed E-state index contributed by atoms with van der Waals surface area (Å²) >= 11 is 0. The molecular formula is C12H13NO4. The molecule has 5 nitrogen and oxygen atoms in total. The van der Waals surface area contributed by atoms with E-state index in [-0.39, 0.29) is 18.9 Å². The lowest BCUT2D eigenvalue weighted by molar-refractivity contribution is 0.0691. The van der Waals surface area contributed by atoms with Gasteiger partial charge in [-0.1, -0.05) is 6.07 Å². The summed E-state index contributed by atoms with van der Waals surface area (Å²) in [6.45, 7) is 2.00. The summed E-state index contributed by atoms with van der Waals surface area (Å²) in [6.07, 6.45) is 0. The minimum atomic E-state index is -1.01. The Kier molecular flexibility index (Phi) is 3.01. The second kappa shape index (κ2) is 4.47. The Morgan fingerprint density at radius 2 is 2.24 bits per heavy atom. The number of hydrogen-bond acceptors (Lipinski definition) is 3. The van der Waals surface area contributed by atoms with Crippen LogP contribution in [0.15, 0.2) is 18.2 Å². The number of carboxylic acids is 1. The number of aromatic carboxylic acids is 1. The van der Waals surface area contributed by atoms with Gasteiger partial charge in [0.25, 0.3) is 0 Å². The molecule has 0 amide bonds. The van der Waals surface area contributed by atoms with Gasteiger partial charge in [0.1, 0.15) is 18.1 Å². The van der Waals surface area contributed by atoms with Crippen LogP contribution in [0.25, 0.3) is 10.9 Å². The fourth-order valence-electron chi connectivity index (χ4n) is 1.72. The van der Waals surface area contributed by atoms with Gasteiger partial charge < -0.3 is 19.9 Å². The number of carboxylic acid groups (broad SMARTS) is 1. The Balaban J connectivity index is 2.54. The highest BCUT2D eigenvalue weighted by molar-refractivity contribution is 5.97. The normalized spacial score (nSPS) is 10.7. The van der Waals surface area contributed by atoms with Crippen LogP contribution in [-0.2, 0) is 0 Å². The van der Waals surface area contributed by atoms with E-state index < -0.39 is 5.97 Å². The number of aliphatic hydroxyl groups excluding tert-OH is 1. The smallest absolute Gasteiger partial charge is 0.352 e. The van der Waals surface area contributed by atoms with Gasteiger partial charge in [0.15, 0.2) is 0 Å². The van der Waals surface area contributed by atoms with Crippen LogP contribution in [-0.4, -0.2) is 34.4 Å². The van der Waals surface area contributed by atoms with Crippen LogP contribution in [0.1, 0.15) is 16.1 Å². The minimum Gasteiger partial charge on any atom is -0.489 e. The van der Waals surface area contributed by atoms with Crippen LogP contribution in [0, 0.1) is 6.92 Å². The quantitative estimate of drug-likeness (QED) is 0.750. The van der Waals surface area contributed by atoms with Crippen molar-refractivity contribution in [3.8, 4) is 5.75 Å². The van der Waals surface area contributed by atoms with Crippen LogP contribution >= 0.6 is 0 Å². The molecule has 0 saturated carbocycles. The zero-order chi connectivity index (χ0) is 12.4. The maximum atomic E-state index is 10.9. The number of hydrogen-bond donors (Lipinski definition) is 3. The highest BCUT2D eigenvalue weighted by Gasteiger charge is 2.12. The summed E-state index contributed by atoms with van der Waals surface area (Å²) in [6, 6.07) is 5.20. The maximum absolute atomic E-state index is 10.9. The Morgan fingerprint density at radius 3 is 2.88 bits per heavy atom. The number of carbonyl (C=O) groups is 1. The van der Waals surface area contributed by atoms with Crippen molar-refractivity contribution in [2.45, 2.75) is 6.92 Å². The fourth-order valence-corrected chi connectivity index (χ4v) is 1.72. The lowest BCUT2D eigenvalue weighted by Gasteiger charge is -2.06. The molecule has 0 aliphatic heterocycles. The molecule has 0 saturated heterocycles. The predicted molar refractivity (Wildman–Crippen MR) is 62.6 cm³/mol. The number of benzene rings is 1. The summed E-state index contributed by atoms with van der Waals surface area (Å²) in [5.41, 5.74) is 1.75. The number of ether oxygens (including phenoxy) is 1. The maximum Gasteiger partial charge on any atom is 0.352 e. The summed E-state index contributed by atoms with van der Waals surface area (Å²) < 4.78 is 5.34. The van der Waals surface area contributed by atoms with Gasteiger partial charge in [-0.3, -0.25) is 0 Å². The first kappa shape index (κ1) is 11.5. The van der Waals surface area contributed by atoms with Crippen molar-refractivity contribution in [1.82, 2.24) is 4.98 Å². The first-order chi connectivity index (χ1) is 8.13. The third-order valence-electron chi connectivity index (χ3n) is 2.55. The van der Waals surface area contributed by atoms with Crippen molar-refractivity contribution in [3.05, 3.63) is 29.5 Å². The van der Waals surface area contributed by atoms with Gasteiger partial charge >= 0.3 is 5.97 Å². The van der Waals surface area contributed by atoms with Crippen LogP contribution in [0.3, 0.4) is 0 Å². The fraction of sp³-hybridized carbons (Fsp3) is 0.250. The molecule has 2 rings (SSSR count). The standard InChI is InChI=1S/C12H13NO4/c1-7-2-3-10(17-5-4-14)11-8(7)6-9(13-11)12(15)16/h2-3,6,13-14H,4-5H2,1H3,(H,15,16). The van der Waals surface area contributed by atoms with Gasteiger partial charge in [-0.05, 0) is 24.6 Å². The molecule has 0 bridgehead atoms. The molecule has 0 aliphatic carbocycles. The zero-order valence-corrected chi connectivity index (χ0v) is 9.36. The molecule has 3 N–H and O–H groups in total. The molecule has 0 unspecified atom stereocenters. The second-order valence-electron chi connectivity index (χ2n) is 3.73. The molecule has 5 heteroatoms. The molecular weight excluding hydrogens is 222 g/mol. The molecule has 2 aromatic rings. The second-order valence-corrected chi connectivity index (χ2v) is 3.73. The predicted octanol–water partition coefficient (Wildman–Crippen LogP) is 1.55. The largest absolute Gasteiger partial charge is 0.489 e. The molecule has 0 radical (unpaired) electrons. The highest BCUT2D eigenvalue weighted by Crippen LogP contribution is 2.28. The van der Waals surface area contributed by atoms with Crippen molar-refractivity contribution < 1.29 is 19.7 Å². The first-order valence-electron chi connectivity index (χ1n) is 5.22. The van der Waals surface area contributed by atoms with E-state index in [0.717, 1.165) is 10.9 Å². The number of H-pyrrole nitrogens is 1. The lowest BCUT2D eigenvalue weighted by atomic mass is 10.1. The SMILES string of the molecule is Cc1ccc(OCCO)c2[nH]c(C(=O)O)cc12. The molecule has 0 atom stereocenters. The molecule has 1 aromatic heterocycles. The number of aryl methyl sites for hydroxylation is 1. The minimum absolute atomic E-state index is 0.0815. The average Bonchev–Trinajstić information content (AvgIpc) is 2.74. The van der Waals surface area contributed by atoms with E-state index in [1.54, 1.807) is 12.1 Å². The van der Waals surface area contributed by atoms with Crippen LogP contribution in [0.2, 0.25) is 0 Å². The molecule has 1 heterocycles. The van der Waals surface area contributed by atoms with E-state index in [1.807, 2.05) is 13.0 Å². The van der Waals surface area contributed by atoms with E-state index in [0.29, 0.717) is 11.3 Å².